The van der Waals surface area contributed by atoms with Crippen molar-refractivity contribution in [3.63, 3.8) is 0 Å². The molecule has 0 unspecified atom stereocenters. The van der Waals surface area contributed by atoms with Crippen molar-refractivity contribution >= 4 is 29.0 Å². The molecular formula is C22H24N6O3S. The zero-order valence-corrected chi connectivity index (χ0v) is 18.5. The molecule has 0 radical (unpaired) electrons. The largest absolute Gasteiger partial charge is 0.320 e. The van der Waals surface area contributed by atoms with Gasteiger partial charge in [-0.25, -0.2) is 0 Å². The molecule has 1 aliphatic rings. The van der Waals surface area contributed by atoms with E-state index >= 15 is 0 Å². The van der Waals surface area contributed by atoms with E-state index in [1.807, 2.05) is 34.9 Å². The van der Waals surface area contributed by atoms with Gasteiger partial charge >= 0.3 is 0 Å². The zero-order chi connectivity index (χ0) is 22.5. The number of carbonyl (C=O) groups excluding carboxylic acids is 1. The van der Waals surface area contributed by atoms with Gasteiger partial charge in [0.1, 0.15) is 5.69 Å². The van der Waals surface area contributed by atoms with Gasteiger partial charge in [0.2, 0.25) is 5.91 Å². The third-order valence-corrected chi connectivity index (χ3v) is 6.16. The smallest absolute Gasteiger partial charge is 0.293 e. The Hall–Kier alpha value is -3.24. The van der Waals surface area contributed by atoms with Gasteiger partial charge in [0, 0.05) is 11.8 Å². The lowest BCUT2D eigenvalue weighted by Crippen LogP contribution is -2.21. The van der Waals surface area contributed by atoms with E-state index in [0.717, 1.165) is 30.2 Å². The summed E-state index contributed by atoms with van der Waals surface area (Å²) in [7, 11) is 0. The number of hydrogen-bond donors (Lipinski definition) is 1. The first-order valence-electron chi connectivity index (χ1n) is 10.4. The summed E-state index contributed by atoms with van der Waals surface area (Å²) in [6.07, 6.45) is 2.37. The van der Waals surface area contributed by atoms with Crippen LogP contribution in [0.5, 0.6) is 0 Å². The average Bonchev–Trinajstić information content (AvgIpc) is 3.44. The quantitative estimate of drug-likeness (QED) is 0.315. The molecule has 1 N–H and O–H groups in total. The van der Waals surface area contributed by atoms with Crippen molar-refractivity contribution in [2.45, 2.75) is 31.5 Å². The summed E-state index contributed by atoms with van der Waals surface area (Å²) in [5.41, 5.74) is 1.75. The van der Waals surface area contributed by atoms with Gasteiger partial charge in [-0.15, -0.1) is 10.2 Å². The van der Waals surface area contributed by atoms with Crippen LogP contribution in [0, 0.1) is 17.0 Å². The van der Waals surface area contributed by atoms with Gasteiger partial charge in [0.15, 0.2) is 11.0 Å². The van der Waals surface area contributed by atoms with Crippen LogP contribution in [0.25, 0.3) is 5.69 Å². The van der Waals surface area contributed by atoms with E-state index in [2.05, 4.69) is 20.4 Å². The molecule has 0 bridgehead atoms. The van der Waals surface area contributed by atoms with Crippen LogP contribution < -0.4 is 5.32 Å². The molecule has 0 saturated carbocycles. The Morgan fingerprint density at radius 3 is 2.62 bits per heavy atom. The Bertz CT molecular complexity index is 1110. The summed E-state index contributed by atoms with van der Waals surface area (Å²) in [6.45, 7) is 4.55. The number of para-hydroxylation sites is 1. The number of nitrogens with zero attached hydrogens (tertiary/aromatic N) is 5. The Morgan fingerprint density at radius 2 is 1.91 bits per heavy atom. The topological polar surface area (TPSA) is 106 Å². The highest BCUT2D eigenvalue weighted by molar-refractivity contribution is 7.99. The van der Waals surface area contributed by atoms with Gasteiger partial charge in [0.05, 0.1) is 17.2 Å². The van der Waals surface area contributed by atoms with Crippen LogP contribution in [0.4, 0.5) is 11.4 Å². The Balaban J connectivity index is 1.50. The number of nitro groups is 1. The second-order valence-electron chi connectivity index (χ2n) is 7.67. The number of carbonyl (C=O) groups is 1. The third kappa shape index (κ3) is 5.14. The van der Waals surface area contributed by atoms with Crippen molar-refractivity contribution in [2.75, 3.05) is 24.2 Å². The first-order chi connectivity index (χ1) is 15.5. The zero-order valence-electron chi connectivity index (χ0n) is 17.7. The van der Waals surface area contributed by atoms with E-state index in [-0.39, 0.29) is 23.0 Å². The molecular weight excluding hydrogens is 428 g/mol. The molecule has 1 saturated heterocycles. The number of anilines is 1. The second kappa shape index (κ2) is 9.92. The summed E-state index contributed by atoms with van der Waals surface area (Å²) in [5, 5.41) is 23.3. The Morgan fingerprint density at radius 1 is 1.16 bits per heavy atom. The lowest BCUT2D eigenvalue weighted by Gasteiger charge is -2.16. The van der Waals surface area contributed by atoms with Crippen LogP contribution in [0.1, 0.15) is 24.2 Å². The molecule has 32 heavy (non-hydrogen) atoms. The van der Waals surface area contributed by atoms with E-state index in [0.29, 0.717) is 11.7 Å². The number of benzene rings is 2. The molecule has 0 atom stereocenters. The summed E-state index contributed by atoms with van der Waals surface area (Å²) in [6, 6.07) is 14.5. The first kappa shape index (κ1) is 22.0. The fourth-order valence-corrected chi connectivity index (χ4v) is 4.46. The highest BCUT2D eigenvalue weighted by atomic mass is 32.2. The van der Waals surface area contributed by atoms with E-state index < -0.39 is 4.92 Å². The summed E-state index contributed by atoms with van der Waals surface area (Å²) in [5.74, 6) is 0.542. The maximum absolute atomic E-state index is 12.6. The van der Waals surface area contributed by atoms with Gasteiger partial charge in [-0.3, -0.25) is 24.4 Å². The van der Waals surface area contributed by atoms with Crippen molar-refractivity contribution in [1.82, 2.24) is 19.7 Å². The summed E-state index contributed by atoms with van der Waals surface area (Å²) >= 11 is 1.25. The summed E-state index contributed by atoms with van der Waals surface area (Å²) < 4.78 is 1.98. The fraction of sp³-hybridized carbons (Fsp3) is 0.318. The minimum Gasteiger partial charge on any atom is -0.320 e. The van der Waals surface area contributed by atoms with Crippen LogP contribution >= 0.6 is 11.8 Å². The number of thioether (sulfide) groups is 1. The number of rotatable bonds is 8. The van der Waals surface area contributed by atoms with Gasteiger partial charge in [0.25, 0.3) is 5.69 Å². The maximum Gasteiger partial charge on any atom is 0.293 e. The highest BCUT2D eigenvalue weighted by Crippen LogP contribution is 2.27. The highest BCUT2D eigenvalue weighted by Gasteiger charge is 2.21. The molecule has 2 heterocycles. The van der Waals surface area contributed by atoms with E-state index in [1.54, 1.807) is 19.1 Å². The SMILES string of the molecule is Cc1ccc(NC(=O)CSc2nnc(CN3CCCC3)n2-c2ccccc2)c([N+](=O)[O-])c1. The number of amides is 1. The predicted octanol–water partition coefficient (Wildman–Crippen LogP) is 3.81. The van der Waals surface area contributed by atoms with Crippen molar-refractivity contribution in [2.24, 2.45) is 0 Å². The average molecular weight is 453 g/mol. The number of likely N-dealkylation sites (tertiary alicyclic amines) is 1. The summed E-state index contributed by atoms with van der Waals surface area (Å²) in [4.78, 5) is 25.7. The van der Waals surface area contributed by atoms with Gasteiger partial charge < -0.3 is 5.32 Å². The van der Waals surface area contributed by atoms with Crippen molar-refractivity contribution in [3.05, 3.63) is 70.0 Å². The molecule has 1 amide bonds. The molecule has 10 heteroatoms. The molecule has 9 nitrogen and oxygen atoms in total. The standard InChI is InChI=1S/C22H24N6O3S/c1-16-9-10-18(19(13-16)28(30)31)23-21(29)15-32-22-25-24-20(14-26-11-5-6-12-26)27(22)17-7-3-2-4-8-17/h2-4,7-10,13H,5-6,11-12,14-15H2,1H3,(H,23,29). The van der Waals surface area contributed by atoms with Gasteiger partial charge in [-0.2, -0.15) is 0 Å². The second-order valence-corrected chi connectivity index (χ2v) is 8.61. The molecule has 0 spiro atoms. The Labute approximate surface area is 190 Å². The number of aromatic nitrogens is 3. The van der Waals surface area contributed by atoms with Crippen LogP contribution in [-0.2, 0) is 11.3 Å². The predicted molar refractivity (Wildman–Crippen MR) is 123 cm³/mol. The van der Waals surface area contributed by atoms with E-state index in [4.69, 9.17) is 0 Å². The molecule has 1 aromatic heterocycles. The van der Waals surface area contributed by atoms with Crippen molar-refractivity contribution in [3.8, 4) is 5.69 Å². The lowest BCUT2D eigenvalue weighted by atomic mass is 10.2. The minimum atomic E-state index is -0.494. The first-order valence-corrected chi connectivity index (χ1v) is 11.4. The van der Waals surface area contributed by atoms with Crippen molar-refractivity contribution < 1.29 is 9.72 Å². The van der Waals surface area contributed by atoms with Crippen LogP contribution in [-0.4, -0.2) is 49.3 Å². The molecule has 166 valence electrons. The van der Waals surface area contributed by atoms with Gasteiger partial charge in [-0.05, 0) is 56.6 Å². The minimum absolute atomic E-state index is 0.0553. The Kier molecular flexibility index (Phi) is 6.81. The number of aryl methyl sites for hydroxylation is 1. The molecule has 0 aliphatic carbocycles. The molecule has 3 aromatic rings. The normalized spacial score (nSPS) is 13.9. The number of hydrogen-bond acceptors (Lipinski definition) is 7. The molecule has 1 fully saturated rings. The van der Waals surface area contributed by atoms with E-state index in [1.165, 1.54) is 30.7 Å². The number of nitrogens with one attached hydrogen (secondary N) is 1. The molecule has 1 aliphatic heterocycles. The maximum atomic E-state index is 12.6. The monoisotopic (exact) mass is 452 g/mol. The lowest BCUT2D eigenvalue weighted by molar-refractivity contribution is -0.384. The molecule has 2 aromatic carbocycles. The van der Waals surface area contributed by atoms with Gasteiger partial charge in [-0.1, -0.05) is 36.0 Å². The number of nitro benzene ring substituents is 1. The van der Waals surface area contributed by atoms with Crippen LogP contribution in [0.3, 0.4) is 0 Å². The molecule has 4 rings (SSSR count). The van der Waals surface area contributed by atoms with Crippen molar-refractivity contribution in [1.29, 1.82) is 0 Å². The third-order valence-electron chi connectivity index (χ3n) is 5.23. The van der Waals surface area contributed by atoms with Crippen LogP contribution in [0.15, 0.2) is 53.7 Å². The van der Waals surface area contributed by atoms with Crippen LogP contribution in [0.2, 0.25) is 0 Å². The fourth-order valence-electron chi connectivity index (χ4n) is 3.69. The van der Waals surface area contributed by atoms with E-state index in [9.17, 15) is 14.9 Å².